The van der Waals surface area contributed by atoms with Gasteiger partial charge >= 0.3 is 5.97 Å². The van der Waals surface area contributed by atoms with Crippen molar-refractivity contribution in [2.24, 2.45) is 0 Å². The van der Waals surface area contributed by atoms with Gasteiger partial charge in [0.05, 0.1) is 28.9 Å². The zero-order valence-electron chi connectivity index (χ0n) is 16.4. The summed E-state index contributed by atoms with van der Waals surface area (Å²) in [5.74, 6) is -1.12. The van der Waals surface area contributed by atoms with Crippen molar-refractivity contribution in [2.45, 2.75) is 32.6 Å². The van der Waals surface area contributed by atoms with Crippen molar-refractivity contribution in [3.63, 3.8) is 0 Å². The number of hydrogen-bond acceptors (Lipinski definition) is 6. The molecule has 0 fully saturated rings. The lowest BCUT2D eigenvalue weighted by atomic mass is 10.0. The van der Waals surface area contributed by atoms with Gasteiger partial charge in [-0.2, -0.15) is 0 Å². The number of anilines is 1. The second-order valence-electron chi connectivity index (χ2n) is 7.32. The fourth-order valence-electron chi connectivity index (χ4n) is 3.78. The van der Waals surface area contributed by atoms with E-state index in [9.17, 15) is 19.7 Å². The third-order valence-electron chi connectivity index (χ3n) is 5.34. The van der Waals surface area contributed by atoms with Crippen LogP contribution in [-0.4, -0.2) is 23.4 Å². The van der Waals surface area contributed by atoms with Crippen LogP contribution < -0.4 is 5.32 Å². The smallest absolute Gasteiger partial charge is 0.310 e. The summed E-state index contributed by atoms with van der Waals surface area (Å²) in [6, 6.07) is 8.49. The molecule has 0 spiro atoms. The van der Waals surface area contributed by atoms with Gasteiger partial charge in [-0.3, -0.25) is 19.7 Å². The number of hydrogen-bond donors (Lipinski definition) is 1. The molecule has 1 aromatic heterocycles. The van der Waals surface area contributed by atoms with E-state index < -0.39 is 23.4 Å². The van der Waals surface area contributed by atoms with Gasteiger partial charge in [0, 0.05) is 17.0 Å². The molecular weight excluding hydrogens is 388 g/mol. The number of furan rings is 1. The van der Waals surface area contributed by atoms with Crippen molar-refractivity contribution in [1.29, 1.82) is 0 Å². The Balaban J connectivity index is 1.36. The highest BCUT2D eigenvalue weighted by molar-refractivity contribution is 5.94. The number of carbonyl (C=O) groups is 2. The van der Waals surface area contributed by atoms with Crippen molar-refractivity contribution in [2.75, 3.05) is 11.9 Å². The van der Waals surface area contributed by atoms with Gasteiger partial charge in [0.15, 0.2) is 6.61 Å². The molecule has 1 amide bonds. The number of carbonyl (C=O) groups excluding carboxylic acids is 2. The molecule has 30 heavy (non-hydrogen) atoms. The fourth-order valence-corrected chi connectivity index (χ4v) is 3.78. The first-order valence-corrected chi connectivity index (χ1v) is 9.63. The normalized spacial score (nSPS) is 12.6. The molecule has 154 valence electrons. The number of aryl methyl sites for hydroxylation is 2. The highest BCUT2D eigenvalue weighted by atomic mass is 16.6. The molecule has 0 unspecified atom stereocenters. The second kappa shape index (κ2) is 7.98. The van der Waals surface area contributed by atoms with Gasteiger partial charge in [0.2, 0.25) is 0 Å². The van der Waals surface area contributed by atoms with E-state index in [0.717, 1.165) is 35.8 Å². The van der Waals surface area contributed by atoms with Crippen LogP contribution in [0, 0.1) is 17.0 Å². The summed E-state index contributed by atoms with van der Waals surface area (Å²) in [6.45, 7) is 1.06. The number of fused-ring (bicyclic) bond motifs is 2. The number of rotatable bonds is 6. The molecular formula is C22H20N2O6. The first kappa shape index (κ1) is 19.6. The zero-order valence-corrected chi connectivity index (χ0v) is 16.4. The molecule has 1 N–H and O–H groups in total. The molecule has 1 aliphatic rings. The minimum absolute atomic E-state index is 0.00506. The van der Waals surface area contributed by atoms with Gasteiger partial charge < -0.3 is 14.5 Å². The van der Waals surface area contributed by atoms with E-state index in [1.807, 2.05) is 6.07 Å². The number of nitrogens with one attached hydrogen (secondary N) is 1. The van der Waals surface area contributed by atoms with Crippen LogP contribution >= 0.6 is 0 Å². The molecule has 0 radical (unpaired) electrons. The first-order valence-electron chi connectivity index (χ1n) is 9.63. The van der Waals surface area contributed by atoms with Crippen LogP contribution in [0.25, 0.3) is 11.0 Å². The number of benzene rings is 2. The largest absolute Gasteiger partial charge is 0.464 e. The maximum atomic E-state index is 12.2. The topological polar surface area (TPSA) is 112 Å². The average Bonchev–Trinajstić information content (AvgIpc) is 3.32. The van der Waals surface area contributed by atoms with Gasteiger partial charge in [-0.15, -0.1) is 0 Å². The zero-order chi connectivity index (χ0) is 21.3. The van der Waals surface area contributed by atoms with E-state index in [2.05, 4.69) is 11.4 Å². The van der Waals surface area contributed by atoms with Crippen molar-refractivity contribution < 1.29 is 23.7 Å². The van der Waals surface area contributed by atoms with Crippen LogP contribution in [0.2, 0.25) is 0 Å². The molecule has 8 nitrogen and oxygen atoms in total. The molecule has 8 heteroatoms. The lowest BCUT2D eigenvalue weighted by molar-refractivity contribution is -0.385. The molecule has 4 rings (SSSR count). The minimum Gasteiger partial charge on any atom is -0.464 e. The van der Waals surface area contributed by atoms with Crippen molar-refractivity contribution in [1.82, 2.24) is 0 Å². The van der Waals surface area contributed by atoms with Crippen molar-refractivity contribution in [3.05, 3.63) is 69.0 Å². The maximum absolute atomic E-state index is 12.2. The highest BCUT2D eigenvalue weighted by Gasteiger charge is 2.18. The van der Waals surface area contributed by atoms with E-state index >= 15 is 0 Å². The molecule has 3 aromatic rings. The molecule has 0 bridgehead atoms. The Hall–Kier alpha value is -3.68. The summed E-state index contributed by atoms with van der Waals surface area (Å²) in [7, 11) is 0. The Kier molecular flexibility index (Phi) is 5.22. The van der Waals surface area contributed by atoms with Gasteiger partial charge in [0.1, 0.15) is 5.58 Å². The maximum Gasteiger partial charge on any atom is 0.310 e. The lowest BCUT2D eigenvalue weighted by Crippen LogP contribution is -2.22. The number of nitrogens with zero attached hydrogens (tertiary/aromatic N) is 1. The number of nitro groups is 1. The van der Waals surface area contributed by atoms with E-state index in [0.29, 0.717) is 11.3 Å². The highest BCUT2D eigenvalue weighted by Crippen LogP contribution is 2.30. The van der Waals surface area contributed by atoms with Crippen LogP contribution in [0.4, 0.5) is 11.4 Å². The van der Waals surface area contributed by atoms with Crippen molar-refractivity contribution in [3.8, 4) is 0 Å². The molecule has 0 aliphatic heterocycles. The third kappa shape index (κ3) is 3.89. The molecule has 0 atom stereocenters. The summed E-state index contributed by atoms with van der Waals surface area (Å²) in [5.41, 5.74) is 4.59. The van der Waals surface area contributed by atoms with Crippen LogP contribution in [0.1, 0.15) is 28.7 Å². The van der Waals surface area contributed by atoms with E-state index in [1.165, 1.54) is 23.3 Å². The van der Waals surface area contributed by atoms with Gasteiger partial charge in [0.25, 0.3) is 11.6 Å². The average molecular weight is 408 g/mol. The molecule has 1 aliphatic carbocycles. The van der Waals surface area contributed by atoms with E-state index in [-0.39, 0.29) is 12.1 Å². The van der Waals surface area contributed by atoms with Crippen LogP contribution in [0.3, 0.4) is 0 Å². The third-order valence-corrected chi connectivity index (χ3v) is 5.34. The van der Waals surface area contributed by atoms with Crippen LogP contribution in [-0.2, 0) is 33.6 Å². The Bertz CT molecular complexity index is 1160. The molecule has 0 saturated carbocycles. The van der Waals surface area contributed by atoms with Gasteiger partial charge in [-0.05, 0) is 55.5 Å². The standard InChI is InChI=1S/C22H20N2O6/c1-13-18(6-3-7-19(13)24(27)28)23-21(25)12-30-22(26)10-16-11-29-20-9-15-5-2-4-14(15)8-17(16)20/h3,6-9,11H,2,4-5,10,12H2,1H3,(H,23,25). The summed E-state index contributed by atoms with van der Waals surface area (Å²) < 4.78 is 10.7. The Morgan fingerprint density at radius 2 is 2.00 bits per heavy atom. The van der Waals surface area contributed by atoms with Crippen LogP contribution in [0.5, 0.6) is 0 Å². The minimum atomic E-state index is -0.568. The van der Waals surface area contributed by atoms with Crippen molar-refractivity contribution >= 4 is 34.2 Å². The molecule has 0 saturated heterocycles. The summed E-state index contributed by atoms with van der Waals surface area (Å²) in [5, 5.41) is 14.4. The second-order valence-corrected chi connectivity index (χ2v) is 7.32. The fraction of sp³-hybridized carbons (Fsp3) is 0.273. The SMILES string of the molecule is Cc1c(NC(=O)COC(=O)Cc2coc3cc4c(cc23)CCC4)cccc1[N+](=O)[O-]. The van der Waals surface area contributed by atoms with Gasteiger partial charge in [-0.25, -0.2) is 0 Å². The molecule has 1 heterocycles. The predicted octanol–water partition coefficient (Wildman–Crippen LogP) is 3.86. The summed E-state index contributed by atoms with van der Waals surface area (Å²) in [6.07, 6.45) is 4.74. The predicted molar refractivity (Wildman–Crippen MR) is 109 cm³/mol. The Morgan fingerprint density at radius 3 is 2.77 bits per heavy atom. The Morgan fingerprint density at radius 1 is 1.23 bits per heavy atom. The number of nitro benzene ring substituents is 1. The summed E-state index contributed by atoms with van der Waals surface area (Å²) in [4.78, 5) is 34.8. The van der Waals surface area contributed by atoms with E-state index in [1.54, 1.807) is 19.3 Å². The lowest BCUT2D eigenvalue weighted by Gasteiger charge is -2.09. The van der Waals surface area contributed by atoms with Crippen LogP contribution in [0.15, 0.2) is 41.0 Å². The number of amides is 1. The summed E-state index contributed by atoms with van der Waals surface area (Å²) >= 11 is 0. The quantitative estimate of drug-likeness (QED) is 0.377. The number of ether oxygens (including phenoxy) is 1. The Labute approximate surface area is 172 Å². The monoisotopic (exact) mass is 408 g/mol. The number of esters is 1. The molecule has 2 aromatic carbocycles. The first-order chi connectivity index (χ1) is 14.4. The van der Waals surface area contributed by atoms with E-state index in [4.69, 9.17) is 9.15 Å². The van der Waals surface area contributed by atoms with Gasteiger partial charge in [-0.1, -0.05) is 6.07 Å².